The number of carbonyl (C=O) groups excluding carboxylic acids is 2. The lowest BCUT2D eigenvalue weighted by molar-refractivity contribution is -0.142. The van der Waals surface area contributed by atoms with Gasteiger partial charge in [0, 0.05) is 31.6 Å². The maximum absolute atomic E-state index is 13.0. The van der Waals surface area contributed by atoms with Crippen LogP contribution in [0.15, 0.2) is 47.3 Å². The van der Waals surface area contributed by atoms with E-state index in [4.69, 9.17) is 4.42 Å². The molecule has 0 bridgehead atoms. The van der Waals surface area contributed by atoms with E-state index in [1.165, 1.54) is 5.56 Å². The second kappa shape index (κ2) is 7.55. The molecular formula is C20H24N2O3. The van der Waals surface area contributed by atoms with Crippen LogP contribution in [0.4, 0.5) is 0 Å². The maximum atomic E-state index is 13.0. The average molecular weight is 340 g/mol. The molecule has 1 aromatic carbocycles. The lowest BCUT2D eigenvalue weighted by Gasteiger charge is -2.29. The summed E-state index contributed by atoms with van der Waals surface area (Å²) in [6, 6.07) is 9.59. The summed E-state index contributed by atoms with van der Waals surface area (Å²) in [6.07, 6.45) is 4.28. The molecule has 1 fully saturated rings. The number of likely N-dealkylation sites (tertiary alicyclic amines) is 1. The van der Waals surface area contributed by atoms with Crippen LogP contribution in [-0.4, -0.2) is 34.2 Å². The Hall–Kier alpha value is -2.56. The van der Waals surface area contributed by atoms with Gasteiger partial charge in [-0.05, 0) is 31.9 Å². The molecule has 0 N–H and O–H groups in total. The van der Waals surface area contributed by atoms with E-state index in [0.717, 1.165) is 11.1 Å². The topological polar surface area (TPSA) is 53.8 Å². The highest BCUT2D eigenvalue weighted by Crippen LogP contribution is 2.24. The SMILES string of the molecule is CCN(Cc1ccoc1)C(=O)C1CCC(=O)N1Cc1ccc(C)cc1. The molecule has 1 saturated heterocycles. The van der Waals surface area contributed by atoms with Crippen molar-refractivity contribution in [2.45, 2.75) is 45.8 Å². The lowest BCUT2D eigenvalue weighted by atomic mass is 10.1. The number of hydrogen-bond acceptors (Lipinski definition) is 3. The van der Waals surface area contributed by atoms with Gasteiger partial charge in [-0.15, -0.1) is 0 Å². The minimum Gasteiger partial charge on any atom is -0.472 e. The third-order valence-corrected chi connectivity index (χ3v) is 4.73. The van der Waals surface area contributed by atoms with Gasteiger partial charge in [-0.1, -0.05) is 29.8 Å². The molecule has 1 aliphatic heterocycles. The van der Waals surface area contributed by atoms with Crippen molar-refractivity contribution >= 4 is 11.8 Å². The number of benzene rings is 1. The van der Waals surface area contributed by atoms with Crippen molar-refractivity contribution in [3.05, 3.63) is 59.5 Å². The first kappa shape index (κ1) is 17.3. The molecule has 2 heterocycles. The van der Waals surface area contributed by atoms with Crippen LogP contribution >= 0.6 is 0 Å². The average Bonchev–Trinajstić information content (AvgIpc) is 3.25. The zero-order chi connectivity index (χ0) is 17.8. The van der Waals surface area contributed by atoms with E-state index in [-0.39, 0.29) is 17.9 Å². The molecule has 1 aliphatic rings. The van der Waals surface area contributed by atoms with Crippen molar-refractivity contribution < 1.29 is 14.0 Å². The van der Waals surface area contributed by atoms with Crippen LogP contribution in [0.2, 0.25) is 0 Å². The molecule has 5 nitrogen and oxygen atoms in total. The molecule has 0 radical (unpaired) electrons. The molecule has 1 aromatic heterocycles. The molecule has 0 saturated carbocycles. The number of hydrogen-bond donors (Lipinski definition) is 0. The summed E-state index contributed by atoms with van der Waals surface area (Å²) in [5.74, 6) is 0.0694. The summed E-state index contributed by atoms with van der Waals surface area (Å²) >= 11 is 0. The largest absolute Gasteiger partial charge is 0.472 e. The molecule has 0 spiro atoms. The fourth-order valence-electron chi connectivity index (χ4n) is 3.24. The molecule has 1 atom stereocenters. The molecular weight excluding hydrogens is 316 g/mol. The van der Waals surface area contributed by atoms with Crippen molar-refractivity contribution in [1.29, 1.82) is 0 Å². The Morgan fingerprint density at radius 2 is 2.00 bits per heavy atom. The van der Waals surface area contributed by atoms with E-state index in [9.17, 15) is 9.59 Å². The van der Waals surface area contributed by atoms with Gasteiger partial charge in [0.05, 0.1) is 12.5 Å². The summed E-state index contributed by atoms with van der Waals surface area (Å²) < 4.78 is 5.09. The fraction of sp³-hybridized carbons (Fsp3) is 0.400. The lowest BCUT2D eigenvalue weighted by Crippen LogP contribution is -2.46. The quantitative estimate of drug-likeness (QED) is 0.812. The molecule has 5 heteroatoms. The zero-order valence-electron chi connectivity index (χ0n) is 14.8. The van der Waals surface area contributed by atoms with Crippen LogP contribution in [0, 0.1) is 6.92 Å². The predicted molar refractivity (Wildman–Crippen MR) is 94.6 cm³/mol. The second-order valence-corrected chi connectivity index (χ2v) is 6.55. The Morgan fingerprint density at radius 1 is 1.24 bits per heavy atom. The normalized spacial score (nSPS) is 17.1. The number of nitrogens with zero attached hydrogens (tertiary/aromatic N) is 2. The fourth-order valence-corrected chi connectivity index (χ4v) is 3.24. The summed E-state index contributed by atoms with van der Waals surface area (Å²) in [7, 11) is 0. The minimum absolute atomic E-state index is 0.0154. The number of rotatable bonds is 6. The van der Waals surface area contributed by atoms with E-state index in [1.807, 2.05) is 44.2 Å². The van der Waals surface area contributed by atoms with E-state index in [1.54, 1.807) is 22.3 Å². The zero-order valence-corrected chi connectivity index (χ0v) is 14.8. The first-order valence-electron chi connectivity index (χ1n) is 8.73. The third-order valence-electron chi connectivity index (χ3n) is 4.73. The second-order valence-electron chi connectivity index (χ2n) is 6.55. The Labute approximate surface area is 148 Å². The van der Waals surface area contributed by atoms with Gasteiger partial charge in [-0.2, -0.15) is 0 Å². The van der Waals surface area contributed by atoms with Gasteiger partial charge < -0.3 is 14.2 Å². The number of aryl methyl sites for hydroxylation is 1. The van der Waals surface area contributed by atoms with Crippen LogP contribution in [0.25, 0.3) is 0 Å². The highest BCUT2D eigenvalue weighted by molar-refractivity contribution is 5.90. The Kier molecular flexibility index (Phi) is 5.22. The number of furan rings is 1. The summed E-state index contributed by atoms with van der Waals surface area (Å²) in [4.78, 5) is 28.8. The van der Waals surface area contributed by atoms with Crippen LogP contribution in [0.5, 0.6) is 0 Å². The van der Waals surface area contributed by atoms with Gasteiger partial charge in [0.1, 0.15) is 6.04 Å². The van der Waals surface area contributed by atoms with Gasteiger partial charge in [0.25, 0.3) is 0 Å². The number of likely N-dealkylation sites (N-methyl/N-ethyl adjacent to an activating group) is 1. The van der Waals surface area contributed by atoms with Gasteiger partial charge >= 0.3 is 0 Å². The van der Waals surface area contributed by atoms with Crippen molar-refractivity contribution in [2.75, 3.05) is 6.54 Å². The van der Waals surface area contributed by atoms with Crippen LogP contribution < -0.4 is 0 Å². The molecule has 0 aliphatic carbocycles. The minimum atomic E-state index is -0.374. The smallest absolute Gasteiger partial charge is 0.245 e. The summed E-state index contributed by atoms with van der Waals surface area (Å²) in [5, 5.41) is 0. The van der Waals surface area contributed by atoms with Gasteiger partial charge in [0.15, 0.2) is 0 Å². The van der Waals surface area contributed by atoms with E-state index in [2.05, 4.69) is 0 Å². The van der Waals surface area contributed by atoms with Crippen molar-refractivity contribution in [3.8, 4) is 0 Å². The Morgan fingerprint density at radius 3 is 2.64 bits per heavy atom. The Balaban J connectivity index is 1.73. The molecule has 132 valence electrons. The predicted octanol–water partition coefficient (Wildman–Crippen LogP) is 3.13. The van der Waals surface area contributed by atoms with Gasteiger partial charge in [-0.25, -0.2) is 0 Å². The molecule has 2 aromatic rings. The summed E-state index contributed by atoms with van der Waals surface area (Å²) in [5.41, 5.74) is 3.20. The van der Waals surface area contributed by atoms with Crippen LogP contribution in [-0.2, 0) is 22.7 Å². The van der Waals surface area contributed by atoms with E-state index < -0.39 is 0 Å². The van der Waals surface area contributed by atoms with E-state index in [0.29, 0.717) is 32.5 Å². The third kappa shape index (κ3) is 3.92. The highest BCUT2D eigenvalue weighted by Gasteiger charge is 2.37. The van der Waals surface area contributed by atoms with Crippen molar-refractivity contribution in [3.63, 3.8) is 0 Å². The maximum Gasteiger partial charge on any atom is 0.245 e. The molecule has 3 rings (SSSR count). The molecule has 1 unspecified atom stereocenters. The van der Waals surface area contributed by atoms with Gasteiger partial charge in [-0.3, -0.25) is 9.59 Å². The van der Waals surface area contributed by atoms with Crippen LogP contribution in [0.3, 0.4) is 0 Å². The monoisotopic (exact) mass is 340 g/mol. The van der Waals surface area contributed by atoms with Crippen LogP contribution in [0.1, 0.15) is 36.5 Å². The molecule has 25 heavy (non-hydrogen) atoms. The highest BCUT2D eigenvalue weighted by atomic mass is 16.3. The summed E-state index contributed by atoms with van der Waals surface area (Å²) in [6.45, 7) is 5.59. The van der Waals surface area contributed by atoms with Crippen molar-refractivity contribution in [1.82, 2.24) is 9.80 Å². The van der Waals surface area contributed by atoms with Crippen molar-refractivity contribution in [2.24, 2.45) is 0 Å². The van der Waals surface area contributed by atoms with Gasteiger partial charge in [0.2, 0.25) is 11.8 Å². The van der Waals surface area contributed by atoms with E-state index >= 15 is 0 Å². The molecule has 2 amide bonds. The number of carbonyl (C=O) groups is 2. The first-order valence-corrected chi connectivity index (χ1v) is 8.73. The number of amides is 2. The Bertz CT molecular complexity index is 722. The standard InChI is InChI=1S/C20H24N2O3/c1-3-21(12-17-10-11-25-14-17)20(24)18-8-9-19(23)22(18)13-16-6-4-15(2)5-7-16/h4-7,10-11,14,18H,3,8-9,12-13H2,1-2H3. The first-order chi connectivity index (χ1) is 12.1.